The van der Waals surface area contributed by atoms with Gasteiger partial charge in [0.1, 0.15) is 5.82 Å². The van der Waals surface area contributed by atoms with E-state index in [1.807, 2.05) is 0 Å². The van der Waals surface area contributed by atoms with Crippen LogP contribution in [0.5, 0.6) is 0 Å². The molecule has 43 heavy (non-hydrogen) atoms. The van der Waals surface area contributed by atoms with Gasteiger partial charge in [-0.05, 0) is 67.8 Å². The summed E-state index contributed by atoms with van der Waals surface area (Å²) in [7, 11) is 1.33. The highest BCUT2D eigenvalue weighted by molar-refractivity contribution is 6.42. The molecule has 4 rings (SSSR count). The number of aromatic nitrogens is 1. The molecule has 1 aliphatic heterocycles. The molecule has 0 spiro atoms. The molecule has 0 aliphatic carbocycles. The maximum absolute atomic E-state index is 13.9. The van der Waals surface area contributed by atoms with Gasteiger partial charge in [0.2, 0.25) is 5.91 Å². The number of carbonyl (C=O) groups excluding carboxylic acids is 1. The number of aliphatic hydroxyl groups is 2. The third kappa shape index (κ3) is 6.72. The van der Waals surface area contributed by atoms with Crippen LogP contribution in [0.2, 0.25) is 10.0 Å². The van der Waals surface area contributed by atoms with Gasteiger partial charge in [-0.3, -0.25) is 4.79 Å². The van der Waals surface area contributed by atoms with Gasteiger partial charge in [0.05, 0.1) is 57.2 Å². The average Bonchev–Trinajstić information content (AvgIpc) is 3.32. The summed E-state index contributed by atoms with van der Waals surface area (Å²) in [5, 5.41) is 20.4. The van der Waals surface area contributed by atoms with Crippen LogP contribution in [0.25, 0.3) is 11.1 Å². The lowest BCUT2D eigenvalue weighted by Gasteiger charge is -2.32. The van der Waals surface area contributed by atoms with Crippen LogP contribution in [0.3, 0.4) is 0 Å². The van der Waals surface area contributed by atoms with Gasteiger partial charge in [-0.25, -0.2) is 4.98 Å². The Bertz CT molecular complexity index is 1500. The number of anilines is 2. The molecule has 1 saturated heterocycles. The zero-order chi connectivity index (χ0) is 32.1. The molecule has 2 atom stereocenters. The molecule has 1 fully saturated rings. The van der Waals surface area contributed by atoms with Gasteiger partial charge in [0, 0.05) is 19.2 Å². The molecule has 1 aliphatic rings. The zero-order valence-electron chi connectivity index (χ0n) is 23.1. The summed E-state index contributed by atoms with van der Waals surface area (Å²) in [5.41, 5.74) is -4.38. The number of hydrogen-bond donors (Lipinski definition) is 2. The van der Waals surface area contributed by atoms with Crippen LogP contribution in [-0.2, 0) is 22.6 Å². The number of likely N-dealkylation sites (N-methyl/N-ethyl adjacent to an activating group) is 1. The van der Waals surface area contributed by atoms with Crippen molar-refractivity contribution in [2.75, 3.05) is 30.0 Å². The molecule has 0 unspecified atom stereocenters. The zero-order valence-corrected chi connectivity index (χ0v) is 24.6. The molecule has 0 bridgehead atoms. The van der Waals surface area contributed by atoms with Crippen molar-refractivity contribution >= 4 is 40.6 Å². The van der Waals surface area contributed by atoms with Crippen molar-refractivity contribution in [1.82, 2.24) is 4.98 Å². The number of benzene rings is 2. The highest BCUT2D eigenvalue weighted by Crippen LogP contribution is 2.42. The van der Waals surface area contributed by atoms with Gasteiger partial charge in [-0.2, -0.15) is 26.3 Å². The summed E-state index contributed by atoms with van der Waals surface area (Å²) < 4.78 is 81.4. The van der Waals surface area contributed by atoms with E-state index in [1.165, 1.54) is 39.2 Å². The number of β-amino-alcohol motifs (C(OH)–C–C–N with tert-alkyl or cyclic N) is 1. The maximum Gasteiger partial charge on any atom is 0.416 e. The Morgan fingerprint density at radius 1 is 0.977 bits per heavy atom. The molecule has 14 heteroatoms. The highest BCUT2D eigenvalue weighted by Gasteiger charge is 2.41. The number of halogens is 8. The number of alkyl halides is 6. The molecular weight excluding hydrogens is 623 g/mol. The van der Waals surface area contributed by atoms with E-state index in [9.17, 15) is 41.4 Å². The van der Waals surface area contributed by atoms with E-state index in [4.69, 9.17) is 23.2 Å². The maximum atomic E-state index is 13.9. The molecular formula is C29H27Cl2F6N3O3. The Hall–Kier alpha value is -3.06. The third-order valence-electron chi connectivity index (χ3n) is 7.51. The van der Waals surface area contributed by atoms with Crippen LogP contribution in [0, 0.1) is 0 Å². The fourth-order valence-corrected chi connectivity index (χ4v) is 5.37. The number of pyridine rings is 1. The molecule has 0 radical (unpaired) electrons. The van der Waals surface area contributed by atoms with Gasteiger partial charge >= 0.3 is 12.4 Å². The van der Waals surface area contributed by atoms with Crippen molar-refractivity contribution < 1.29 is 41.4 Å². The largest absolute Gasteiger partial charge is 0.416 e. The predicted octanol–water partition coefficient (Wildman–Crippen LogP) is 6.97. The minimum Gasteiger partial charge on any atom is -0.394 e. The van der Waals surface area contributed by atoms with Crippen molar-refractivity contribution in [2.24, 2.45) is 0 Å². The van der Waals surface area contributed by atoms with Gasteiger partial charge < -0.3 is 20.0 Å². The van der Waals surface area contributed by atoms with Crippen LogP contribution in [0.15, 0.2) is 48.7 Å². The highest BCUT2D eigenvalue weighted by atomic mass is 35.5. The van der Waals surface area contributed by atoms with Gasteiger partial charge in [-0.1, -0.05) is 29.3 Å². The van der Waals surface area contributed by atoms with Crippen molar-refractivity contribution in [3.05, 3.63) is 75.4 Å². The van der Waals surface area contributed by atoms with Crippen LogP contribution in [0.1, 0.15) is 37.0 Å². The van der Waals surface area contributed by atoms with E-state index >= 15 is 0 Å². The second kappa shape index (κ2) is 11.8. The molecule has 232 valence electrons. The first kappa shape index (κ1) is 32.8. The lowest BCUT2D eigenvalue weighted by atomic mass is 9.81. The first-order valence-electron chi connectivity index (χ1n) is 12.9. The molecule has 1 amide bonds. The van der Waals surface area contributed by atoms with Crippen molar-refractivity contribution in [2.45, 2.75) is 50.2 Å². The van der Waals surface area contributed by atoms with E-state index < -0.39 is 52.5 Å². The lowest BCUT2D eigenvalue weighted by molar-refractivity contribution is -0.143. The normalized spacial score (nSPS) is 17.8. The SMILES string of the molecule is CN(C(=O)C(C)(C)c1cc(C(F)(F)F)cc(C(F)(F)F)c1)c1cnc(N2C[C@@H](O)C[C@H]2CO)cc1-c1ccc(Cl)c(Cl)c1. The summed E-state index contributed by atoms with van der Waals surface area (Å²) >= 11 is 12.4. The first-order chi connectivity index (χ1) is 19.8. The summed E-state index contributed by atoms with van der Waals surface area (Å²) in [6.45, 7) is 2.39. The molecule has 2 heterocycles. The van der Waals surface area contributed by atoms with Crippen molar-refractivity contribution in [3.8, 4) is 11.1 Å². The molecule has 2 N–H and O–H groups in total. The number of hydrogen-bond acceptors (Lipinski definition) is 5. The Labute approximate surface area is 253 Å². The molecule has 3 aromatic rings. The Kier molecular flexibility index (Phi) is 9.01. The fraction of sp³-hybridized carbons (Fsp3) is 0.379. The Morgan fingerprint density at radius 2 is 1.56 bits per heavy atom. The van der Waals surface area contributed by atoms with Crippen LogP contribution >= 0.6 is 23.2 Å². The molecule has 0 saturated carbocycles. The van der Waals surface area contributed by atoms with Crippen LogP contribution in [-0.4, -0.2) is 53.4 Å². The number of carbonyl (C=O) groups is 1. The van der Waals surface area contributed by atoms with Crippen LogP contribution < -0.4 is 9.80 Å². The minimum atomic E-state index is -5.09. The quantitative estimate of drug-likeness (QED) is 0.282. The standard InChI is InChI=1S/C29H27Cl2F6N3O3/c1-27(2,16-7-17(28(32,33)34)9-18(8-16)29(35,36)37)26(43)39(3)24-12-38-25(40-13-20(42)10-19(40)14-41)11-21(24)15-4-5-22(30)23(31)6-15/h4-9,11-12,19-20,41-42H,10,13-14H2,1-3H3/t19-,20-/m0/s1. The summed E-state index contributed by atoms with van der Waals surface area (Å²) in [4.78, 5) is 21.1. The van der Waals surface area contributed by atoms with Crippen LogP contribution in [0.4, 0.5) is 37.8 Å². The van der Waals surface area contributed by atoms with Gasteiger partial charge in [-0.15, -0.1) is 0 Å². The number of aliphatic hydroxyl groups excluding tert-OH is 2. The summed E-state index contributed by atoms with van der Waals surface area (Å²) in [6, 6.07) is 6.91. The summed E-state index contributed by atoms with van der Waals surface area (Å²) in [5.74, 6) is -0.464. The monoisotopic (exact) mass is 649 g/mol. The lowest BCUT2D eigenvalue weighted by Crippen LogP contribution is -2.42. The van der Waals surface area contributed by atoms with Gasteiger partial charge in [0.25, 0.3) is 0 Å². The van der Waals surface area contributed by atoms with E-state index in [0.29, 0.717) is 35.5 Å². The van der Waals surface area contributed by atoms with Crippen molar-refractivity contribution in [1.29, 1.82) is 0 Å². The van der Waals surface area contributed by atoms with E-state index in [1.54, 1.807) is 17.0 Å². The van der Waals surface area contributed by atoms with Crippen molar-refractivity contribution in [3.63, 3.8) is 0 Å². The first-order valence-corrected chi connectivity index (χ1v) is 13.7. The molecule has 1 aromatic heterocycles. The Balaban J connectivity index is 1.83. The smallest absolute Gasteiger partial charge is 0.394 e. The summed E-state index contributed by atoms with van der Waals surface area (Å²) in [6.07, 6.45) is -9.26. The predicted molar refractivity (Wildman–Crippen MR) is 151 cm³/mol. The molecule has 6 nitrogen and oxygen atoms in total. The Morgan fingerprint density at radius 3 is 2.09 bits per heavy atom. The minimum absolute atomic E-state index is 0.00767. The number of amides is 1. The van der Waals surface area contributed by atoms with E-state index in [-0.39, 0.29) is 35.0 Å². The third-order valence-corrected chi connectivity index (χ3v) is 8.25. The van der Waals surface area contributed by atoms with E-state index in [0.717, 1.165) is 4.90 Å². The average molecular weight is 650 g/mol. The molecule has 2 aromatic carbocycles. The second-order valence-electron chi connectivity index (χ2n) is 10.9. The topological polar surface area (TPSA) is 76.9 Å². The van der Waals surface area contributed by atoms with E-state index in [2.05, 4.69) is 4.98 Å². The number of rotatable bonds is 6. The second-order valence-corrected chi connectivity index (χ2v) is 11.7. The number of nitrogens with zero attached hydrogens (tertiary/aromatic N) is 3. The van der Waals surface area contributed by atoms with Gasteiger partial charge in [0.15, 0.2) is 0 Å². The fourth-order valence-electron chi connectivity index (χ4n) is 5.07.